The zero-order valence-electron chi connectivity index (χ0n) is 14.3. The lowest BCUT2D eigenvalue weighted by molar-refractivity contribution is -0.117. The fourth-order valence-corrected chi connectivity index (χ4v) is 2.43. The van der Waals surface area contributed by atoms with Gasteiger partial charge < -0.3 is 15.5 Å². The number of nitrogens with one attached hydrogen (secondary N) is 2. The Morgan fingerprint density at radius 1 is 1.30 bits per heavy atom. The molecule has 0 radical (unpaired) electrons. The first-order chi connectivity index (χ1) is 10.5. The Balaban J connectivity index is 0.00000264. The van der Waals surface area contributed by atoms with E-state index in [4.69, 9.17) is 0 Å². The highest BCUT2D eigenvalue weighted by atomic mass is 127. The number of guanidine groups is 1. The van der Waals surface area contributed by atoms with Crippen LogP contribution in [0, 0.1) is 5.92 Å². The Bertz CT molecular complexity index is 559. The van der Waals surface area contributed by atoms with E-state index in [0.29, 0.717) is 17.9 Å². The molecule has 2 rings (SSSR count). The van der Waals surface area contributed by atoms with E-state index in [2.05, 4.69) is 42.5 Å². The van der Waals surface area contributed by atoms with Gasteiger partial charge in [0.2, 0.25) is 5.91 Å². The van der Waals surface area contributed by atoms with Gasteiger partial charge in [-0.3, -0.25) is 9.79 Å². The van der Waals surface area contributed by atoms with Crippen molar-refractivity contribution in [3.05, 3.63) is 29.8 Å². The number of benzene rings is 1. The van der Waals surface area contributed by atoms with Gasteiger partial charge in [0.1, 0.15) is 0 Å². The van der Waals surface area contributed by atoms with Crippen molar-refractivity contribution >= 4 is 41.5 Å². The van der Waals surface area contributed by atoms with Crippen LogP contribution < -0.4 is 15.5 Å². The van der Waals surface area contributed by atoms with Crippen molar-refractivity contribution in [3.8, 4) is 0 Å². The van der Waals surface area contributed by atoms with Crippen LogP contribution in [0.15, 0.2) is 29.3 Å². The Labute approximate surface area is 156 Å². The van der Waals surface area contributed by atoms with Crippen molar-refractivity contribution in [2.75, 3.05) is 25.0 Å². The van der Waals surface area contributed by atoms with E-state index in [-0.39, 0.29) is 36.4 Å². The van der Waals surface area contributed by atoms with Gasteiger partial charge in [-0.05, 0) is 30.9 Å². The van der Waals surface area contributed by atoms with Crippen molar-refractivity contribution in [1.82, 2.24) is 10.6 Å². The summed E-state index contributed by atoms with van der Waals surface area (Å²) in [5.74, 6) is 1.24. The maximum absolute atomic E-state index is 12.4. The van der Waals surface area contributed by atoms with Crippen LogP contribution in [0.2, 0.25) is 0 Å². The number of rotatable bonds is 4. The van der Waals surface area contributed by atoms with Gasteiger partial charge in [-0.25, -0.2) is 0 Å². The van der Waals surface area contributed by atoms with Gasteiger partial charge in [-0.15, -0.1) is 24.0 Å². The third-order valence-corrected chi connectivity index (χ3v) is 4.18. The monoisotopic (exact) mass is 430 g/mol. The minimum absolute atomic E-state index is 0. The van der Waals surface area contributed by atoms with Crippen molar-refractivity contribution in [2.24, 2.45) is 10.9 Å². The number of carbonyl (C=O) groups excluding carboxylic acids is 1. The first-order valence-electron chi connectivity index (χ1n) is 7.88. The predicted octanol–water partition coefficient (Wildman–Crippen LogP) is 2.40. The highest BCUT2D eigenvalue weighted by molar-refractivity contribution is 14.0. The third kappa shape index (κ3) is 5.09. The first kappa shape index (κ1) is 19.7. The van der Waals surface area contributed by atoms with Crippen LogP contribution in [0.1, 0.15) is 26.3 Å². The highest BCUT2D eigenvalue weighted by Gasteiger charge is 2.24. The molecule has 1 aliphatic rings. The summed E-state index contributed by atoms with van der Waals surface area (Å²) in [4.78, 5) is 18.5. The van der Waals surface area contributed by atoms with Crippen LogP contribution in [0.4, 0.5) is 5.69 Å². The van der Waals surface area contributed by atoms with E-state index in [9.17, 15) is 4.79 Å². The summed E-state index contributed by atoms with van der Waals surface area (Å²) >= 11 is 0. The van der Waals surface area contributed by atoms with Crippen LogP contribution in [-0.4, -0.2) is 38.0 Å². The zero-order chi connectivity index (χ0) is 16.1. The number of anilines is 1. The minimum atomic E-state index is 0. The average Bonchev–Trinajstić information content (AvgIpc) is 2.94. The summed E-state index contributed by atoms with van der Waals surface area (Å²) in [5, 5.41) is 6.41. The summed E-state index contributed by atoms with van der Waals surface area (Å²) in [6, 6.07) is 8.38. The molecule has 0 aliphatic carbocycles. The van der Waals surface area contributed by atoms with E-state index in [1.165, 1.54) is 5.56 Å². The smallest absolute Gasteiger partial charge is 0.246 e. The Morgan fingerprint density at radius 3 is 2.65 bits per heavy atom. The first-order valence-corrected chi connectivity index (χ1v) is 7.88. The van der Waals surface area contributed by atoms with E-state index in [1.807, 2.05) is 23.1 Å². The molecular formula is C17H27IN4O. The fourth-order valence-electron chi connectivity index (χ4n) is 2.43. The second kappa shape index (κ2) is 9.10. The Kier molecular flexibility index (Phi) is 7.81. The molecule has 0 bridgehead atoms. The number of hydrogen-bond acceptors (Lipinski definition) is 2. The number of carbonyl (C=O) groups is 1. The lowest BCUT2D eigenvalue weighted by atomic mass is 10.1. The maximum Gasteiger partial charge on any atom is 0.246 e. The van der Waals surface area contributed by atoms with Gasteiger partial charge >= 0.3 is 0 Å². The normalized spacial score (nSPS) is 15.0. The van der Waals surface area contributed by atoms with Crippen LogP contribution in [0.5, 0.6) is 0 Å². The summed E-state index contributed by atoms with van der Waals surface area (Å²) in [5.41, 5.74) is 2.28. The molecule has 1 unspecified atom stereocenters. The molecule has 0 saturated heterocycles. The SMILES string of the molecule is CN=C(NCC(=O)N1CCc2ccccc21)NC(C)C(C)C.I. The summed E-state index contributed by atoms with van der Waals surface area (Å²) in [6.07, 6.45) is 0.930. The van der Waals surface area contributed by atoms with Gasteiger partial charge in [0.05, 0.1) is 6.54 Å². The standard InChI is InChI=1S/C17H26N4O.HI/c1-12(2)13(3)20-17(18-4)19-11-16(22)21-10-9-14-7-5-6-8-15(14)21;/h5-8,12-13H,9-11H2,1-4H3,(H2,18,19,20);1H. The van der Waals surface area contributed by atoms with Crippen LogP contribution in [0.3, 0.4) is 0 Å². The summed E-state index contributed by atoms with van der Waals surface area (Å²) in [7, 11) is 1.72. The van der Waals surface area contributed by atoms with Crippen molar-refractivity contribution in [3.63, 3.8) is 0 Å². The van der Waals surface area contributed by atoms with Gasteiger partial charge in [0, 0.05) is 25.3 Å². The lowest BCUT2D eigenvalue weighted by Gasteiger charge is -2.22. The van der Waals surface area contributed by atoms with Gasteiger partial charge in [-0.1, -0.05) is 32.0 Å². The number of aliphatic imine (C=N–C) groups is 1. The quantitative estimate of drug-likeness (QED) is 0.438. The van der Waals surface area contributed by atoms with Gasteiger partial charge in [0.15, 0.2) is 5.96 Å². The molecular weight excluding hydrogens is 403 g/mol. The van der Waals surface area contributed by atoms with Crippen LogP contribution in [0.25, 0.3) is 0 Å². The molecule has 0 saturated carbocycles. The molecule has 2 N–H and O–H groups in total. The van der Waals surface area contributed by atoms with Crippen molar-refractivity contribution in [2.45, 2.75) is 33.2 Å². The molecule has 128 valence electrons. The molecule has 1 atom stereocenters. The largest absolute Gasteiger partial charge is 0.354 e. The zero-order valence-corrected chi connectivity index (χ0v) is 16.6. The molecule has 23 heavy (non-hydrogen) atoms. The molecule has 1 heterocycles. The molecule has 0 spiro atoms. The molecule has 0 aromatic heterocycles. The molecule has 1 aromatic carbocycles. The van der Waals surface area contributed by atoms with Crippen molar-refractivity contribution < 1.29 is 4.79 Å². The van der Waals surface area contributed by atoms with E-state index >= 15 is 0 Å². The maximum atomic E-state index is 12.4. The molecule has 1 aromatic rings. The van der Waals surface area contributed by atoms with E-state index in [0.717, 1.165) is 18.7 Å². The summed E-state index contributed by atoms with van der Waals surface area (Å²) in [6.45, 7) is 7.41. The third-order valence-electron chi connectivity index (χ3n) is 4.18. The fraction of sp³-hybridized carbons (Fsp3) is 0.529. The Hall–Kier alpha value is -1.31. The molecule has 5 nitrogen and oxygen atoms in total. The van der Waals surface area contributed by atoms with Gasteiger partial charge in [0.25, 0.3) is 0 Å². The molecule has 6 heteroatoms. The summed E-state index contributed by atoms with van der Waals surface area (Å²) < 4.78 is 0. The second-order valence-corrected chi connectivity index (χ2v) is 6.03. The van der Waals surface area contributed by atoms with Crippen molar-refractivity contribution in [1.29, 1.82) is 0 Å². The Morgan fingerprint density at radius 2 is 2.00 bits per heavy atom. The van der Waals surface area contributed by atoms with E-state index < -0.39 is 0 Å². The number of para-hydroxylation sites is 1. The topological polar surface area (TPSA) is 56.7 Å². The number of fused-ring (bicyclic) bond motifs is 1. The number of nitrogens with zero attached hydrogens (tertiary/aromatic N) is 2. The van der Waals surface area contributed by atoms with Gasteiger partial charge in [-0.2, -0.15) is 0 Å². The molecule has 0 fully saturated rings. The second-order valence-electron chi connectivity index (χ2n) is 6.03. The lowest BCUT2D eigenvalue weighted by Crippen LogP contribution is -2.48. The minimum Gasteiger partial charge on any atom is -0.354 e. The predicted molar refractivity (Wildman–Crippen MR) is 107 cm³/mol. The number of hydrogen-bond donors (Lipinski definition) is 2. The van der Waals surface area contributed by atoms with Crippen LogP contribution in [-0.2, 0) is 11.2 Å². The highest BCUT2D eigenvalue weighted by Crippen LogP contribution is 2.27. The average molecular weight is 430 g/mol. The van der Waals surface area contributed by atoms with E-state index in [1.54, 1.807) is 7.05 Å². The number of halogens is 1. The molecule has 1 amide bonds. The number of amides is 1. The molecule has 1 aliphatic heterocycles. The van der Waals surface area contributed by atoms with Crippen LogP contribution >= 0.6 is 24.0 Å².